The van der Waals surface area contributed by atoms with Gasteiger partial charge in [0.05, 0.1) is 11.4 Å². The Morgan fingerprint density at radius 2 is 1.88 bits per heavy atom. The highest BCUT2D eigenvalue weighted by Crippen LogP contribution is 2.36. The quantitative estimate of drug-likeness (QED) is 0.740. The summed E-state index contributed by atoms with van der Waals surface area (Å²) in [6, 6.07) is 16.5. The molecule has 0 unspecified atom stereocenters. The number of hydrogen-bond donors (Lipinski definition) is 0. The first-order chi connectivity index (χ1) is 12.2. The molecule has 2 aromatic carbocycles. The van der Waals surface area contributed by atoms with Crippen LogP contribution in [0, 0.1) is 6.92 Å². The average Bonchev–Trinajstić information content (AvgIpc) is 3.34. The normalized spacial score (nSPS) is 16.4. The smallest absolute Gasteiger partial charge is 0.254 e. The van der Waals surface area contributed by atoms with Crippen molar-refractivity contribution in [2.24, 2.45) is 0 Å². The predicted octanol–water partition coefficient (Wildman–Crippen LogP) is 3.36. The number of carbonyl (C=O) groups excluding carboxylic acids is 1. The molecule has 5 heteroatoms. The molecule has 25 heavy (non-hydrogen) atoms. The maximum atomic E-state index is 12.5. The van der Waals surface area contributed by atoms with Gasteiger partial charge in [-0.1, -0.05) is 29.5 Å². The number of benzene rings is 2. The number of carbonyl (C=O) groups is 1. The van der Waals surface area contributed by atoms with Gasteiger partial charge in [-0.3, -0.25) is 4.79 Å². The lowest BCUT2D eigenvalue weighted by atomic mass is 10.0. The summed E-state index contributed by atoms with van der Waals surface area (Å²) in [5.74, 6) is 0.175. The number of aromatic nitrogens is 3. The molecule has 0 atom stereocenters. The Hall–Kier alpha value is -2.95. The van der Waals surface area contributed by atoms with Crippen molar-refractivity contribution < 1.29 is 4.79 Å². The molecular weight excluding hydrogens is 312 g/mol. The molecule has 3 aromatic rings. The van der Waals surface area contributed by atoms with Crippen molar-refractivity contribution in [3.8, 4) is 16.9 Å². The van der Waals surface area contributed by atoms with Gasteiger partial charge >= 0.3 is 0 Å². The lowest BCUT2D eigenvalue weighted by Gasteiger charge is -2.13. The van der Waals surface area contributed by atoms with Crippen LogP contribution in [-0.4, -0.2) is 31.8 Å². The molecule has 1 fully saturated rings. The van der Waals surface area contributed by atoms with Gasteiger partial charge in [-0.25, -0.2) is 4.68 Å². The molecule has 0 bridgehead atoms. The van der Waals surface area contributed by atoms with Crippen LogP contribution in [0.5, 0.6) is 0 Å². The zero-order chi connectivity index (χ0) is 17.0. The van der Waals surface area contributed by atoms with Crippen molar-refractivity contribution in [1.29, 1.82) is 0 Å². The van der Waals surface area contributed by atoms with Gasteiger partial charge in [0.25, 0.3) is 5.91 Å². The summed E-state index contributed by atoms with van der Waals surface area (Å²) >= 11 is 0. The summed E-state index contributed by atoms with van der Waals surface area (Å²) in [7, 11) is 0. The standard InChI is InChI=1S/C20H18N4O/c1-13-19(21-22-24(13)17-5-3-2-4-6-17)14-7-10-18-15(11-14)12-23(20(18)25)16-8-9-16/h2-7,10-11,16H,8-9,12H2,1H3. The van der Waals surface area contributed by atoms with E-state index in [2.05, 4.69) is 16.4 Å². The third-order valence-corrected chi connectivity index (χ3v) is 5.09. The molecule has 1 aliphatic carbocycles. The van der Waals surface area contributed by atoms with Crippen LogP contribution in [-0.2, 0) is 6.54 Å². The van der Waals surface area contributed by atoms with Crippen molar-refractivity contribution in [1.82, 2.24) is 19.9 Å². The maximum absolute atomic E-state index is 12.5. The van der Waals surface area contributed by atoms with Gasteiger partial charge in [-0.15, -0.1) is 5.10 Å². The molecule has 1 aromatic heterocycles. The average molecular weight is 330 g/mol. The van der Waals surface area contributed by atoms with Gasteiger partial charge in [0.1, 0.15) is 5.69 Å². The Morgan fingerprint density at radius 1 is 1.08 bits per heavy atom. The fraction of sp³-hybridized carbons (Fsp3) is 0.250. The minimum atomic E-state index is 0.175. The summed E-state index contributed by atoms with van der Waals surface area (Å²) in [4.78, 5) is 14.5. The number of fused-ring (bicyclic) bond motifs is 1. The van der Waals surface area contributed by atoms with E-state index < -0.39 is 0 Å². The van der Waals surface area contributed by atoms with Gasteiger partial charge in [-0.05, 0) is 49.6 Å². The highest BCUT2D eigenvalue weighted by molar-refractivity contribution is 5.99. The van der Waals surface area contributed by atoms with E-state index in [0.717, 1.165) is 53.2 Å². The van der Waals surface area contributed by atoms with Crippen LogP contribution in [0.1, 0.15) is 34.5 Å². The Balaban J connectivity index is 1.52. The van der Waals surface area contributed by atoms with Crippen LogP contribution >= 0.6 is 0 Å². The Bertz CT molecular complexity index is 973. The first-order valence-electron chi connectivity index (χ1n) is 8.64. The van der Waals surface area contributed by atoms with Crippen molar-refractivity contribution >= 4 is 5.91 Å². The molecule has 0 saturated heterocycles. The first-order valence-corrected chi connectivity index (χ1v) is 8.64. The molecule has 1 aliphatic heterocycles. The topological polar surface area (TPSA) is 51.0 Å². The molecule has 0 radical (unpaired) electrons. The van der Waals surface area contributed by atoms with Gasteiger partial charge in [-0.2, -0.15) is 0 Å². The van der Waals surface area contributed by atoms with Crippen LogP contribution in [0.4, 0.5) is 0 Å². The highest BCUT2D eigenvalue weighted by atomic mass is 16.2. The molecule has 1 saturated carbocycles. The first kappa shape index (κ1) is 14.4. The molecular formula is C20H18N4O. The zero-order valence-electron chi connectivity index (χ0n) is 14.0. The van der Waals surface area contributed by atoms with Gasteiger partial charge in [0.2, 0.25) is 0 Å². The van der Waals surface area contributed by atoms with Crippen LogP contribution in [0.25, 0.3) is 16.9 Å². The summed E-state index contributed by atoms with van der Waals surface area (Å²) < 4.78 is 1.85. The zero-order valence-corrected chi connectivity index (χ0v) is 14.0. The number of amides is 1. The fourth-order valence-electron chi connectivity index (χ4n) is 3.58. The van der Waals surface area contributed by atoms with E-state index in [1.807, 2.05) is 59.0 Å². The van der Waals surface area contributed by atoms with Crippen molar-refractivity contribution in [3.63, 3.8) is 0 Å². The largest absolute Gasteiger partial charge is 0.331 e. The summed E-state index contributed by atoms with van der Waals surface area (Å²) in [5.41, 5.74) is 5.81. The lowest BCUT2D eigenvalue weighted by molar-refractivity contribution is 0.0766. The van der Waals surface area contributed by atoms with Crippen LogP contribution in [0.2, 0.25) is 0 Å². The molecule has 2 aliphatic rings. The van der Waals surface area contributed by atoms with E-state index in [-0.39, 0.29) is 5.91 Å². The lowest BCUT2D eigenvalue weighted by Crippen LogP contribution is -2.25. The second-order valence-electron chi connectivity index (χ2n) is 6.81. The molecule has 5 nitrogen and oxygen atoms in total. The SMILES string of the molecule is Cc1c(-c2ccc3c(c2)CN(C2CC2)C3=O)nnn1-c1ccccc1. The molecule has 124 valence electrons. The number of rotatable bonds is 3. The number of para-hydroxylation sites is 1. The monoisotopic (exact) mass is 330 g/mol. The molecule has 2 heterocycles. The Labute approximate surface area is 145 Å². The fourth-order valence-corrected chi connectivity index (χ4v) is 3.58. The second kappa shape index (κ2) is 5.28. The van der Waals surface area contributed by atoms with Crippen molar-refractivity contribution in [3.05, 3.63) is 65.4 Å². The van der Waals surface area contributed by atoms with E-state index in [0.29, 0.717) is 6.04 Å². The third-order valence-electron chi connectivity index (χ3n) is 5.09. The Kier molecular flexibility index (Phi) is 3.04. The molecule has 0 N–H and O–H groups in total. The number of hydrogen-bond acceptors (Lipinski definition) is 3. The van der Waals surface area contributed by atoms with Crippen molar-refractivity contribution in [2.45, 2.75) is 32.4 Å². The maximum Gasteiger partial charge on any atom is 0.254 e. The van der Waals surface area contributed by atoms with E-state index in [4.69, 9.17) is 0 Å². The van der Waals surface area contributed by atoms with E-state index in [1.54, 1.807) is 0 Å². The molecule has 5 rings (SSSR count). The second-order valence-corrected chi connectivity index (χ2v) is 6.81. The van der Waals surface area contributed by atoms with Crippen LogP contribution in [0.3, 0.4) is 0 Å². The minimum absolute atomic E-state index is 0.175. The molecule has 0 spiro atoms. The van der Waals surface area contributed by atoms with Crippen LogP contribution in [0.15, 0.2) is 48.5 Å². The van der Waals surface area contributed by atoms with Gasteiger partial charge < -0.3 is 4.90 Å². The van der Waals surface area contributed by atoms with E-state index in [1.165, 1.54) is 0 Å². The third kappa shape index (κ3) is 2.27. The summed E-state index contributed by atoms with van der Waals surface area (Å²) in [5, 5.41) is 8.70. The highest BCUT2D eigenvalue weighted by Gasteiger charge is 2.38. The van der Waals surface area contributed by atoms with E-state index in [9.17, 15) is 4.79 Å². The summed E-state index contributed by atoms with van der Waals surface area (Å²) in [6.07, 6.45) is 2.27. The molecule has 1 amide bonds. The van der Waals surface area contributed by atoms with Gasteiger partial charge in [0.15, 0.2) is 0 Å². The van der Waals surface area contributed by atoms with Crippen LogP contribution < -0.4 is 0 Å². The van der Waals surface area contributed by atoms with E-state index >= 15 is 0 Å². The predicted molar refractivity (Wildman–Crippen MR) is 94.4 cm³/mol. The minimum Gasteiger partial charge on any atom is -0.331 e. The van der Waals surface area contributed by atoms with Crippen molar-refractivity contribution in [2.75, 3.05) is 0 Å². The summed E-state index contributed by atoms with van der Waals surface area (Å²) in [6.45, 7) is 2.75. The van der Waals surface area contributed by atoms with Gasteiger partial charge in [0, 0.05) is 23.7 Å². The Morgan fingerprint density at radius 3 is 2.64 bits per heavy atom. The number of nitrogens with zero attached hydrogens (tertiary/aromatic N) is 4.